The number of rotatable bonds is 2. The molecule has 1 aromatic rings. The number of hydrogen-bond donors (Lipinski definition) is 2. The van der Waals surface area contributed by atoms with Crippen LogP contribution in [-0.2, 0) is 9.53 Å². The van der Waals surface area contributed by atoms with Gasteiger partial charge >= 0.3 is 0 Å². The van der Waals surface area contributed by atoms with Crippen molar-refractivity contribution in [3.63, 3.8) is 0 Å². The van der Waals surface area contributed by atoms with Crippen LogP contribution in [-0.4, -0.2) is 53.9 Å². The highest BCUT2D eigenvalue weighted by Crippen LogP contribution is 2.19. The van der Waals surface area contributed by atoms with Crippen molar-refractivity contribution in [2.75, 3.05) is 26.7 Å². The first-order valence-corrected chi connectivity index (χ1v) is 6.73. The highest BCUT2D eigenvalue weighted by atomic mass is 35.5. The minimum Gasteiger partial charge on any atom is -0.365 e. The van der Waals surface area contributed by atoms with Crippen LogP contribution < -0.4 is 10.9 Å². The minimum atomic E-state index is -0.697. The molecule has 2 N–H and O–H groups in total. The van der Waals surface area contributed by atoms with Gasteiger partial charge in [-0.15, -0.1) is 0 Å². The van der Waals surface area contributed by atoms with E-state index in [-0.39, 0.29) is 34.9 Å². The number of likely N-dealkylation sites (N-methyl/N-ethyl adjacent to an activating group) is 1. The van der Waals surface area contributed by atoms with E-state index in [1.807, 2.05) is 0 Å². The minimum absolute atomic E-state index is 0.113. The van der Waals surface area contributed by atoms with Crippen LogP contribution >= 0.6 is 23.1 Å². The highest BCUT2D eigenvalue weighted by molar-refractivity contribution is 7.08. The van der Waals surface area contributed by atoms with Crippen LogP contribution in [0.4, 0.5) is 0 Å². The van der Waals surface area contributed by atoms with Crippen LogP contribution in [0.25, 0.3) is 0 Å². The van der Waals surface area contributed by atoms with Gasteiger partial charge in [0.15, 0.2) is 6.10 Å². The molecular formula is C10H12ClN3O4S. The van der Waals surface area contributed by atoms with E-state index in [0.717, 1.165) is 11.5 Å². The van der Waals surface area contributed by atoms with Gasteiger partial charge in [-0.05, 0) is 0 Å². The summed E-state index contributed by atoms with van der Waals surface area (Å²) >= 11 is 6.65. The second kappa shape index (κ2) is 5.72. The maximum absolute atomic E-state index is 12.2. The van der Waals surface area contributed by atoms with Gasteiger partial charge in [0.25, 0.3) is 17.4 Å². The first-order chi connectivity index (χ1) is 9.04. The standard InChI is InChI=1S/C10H12ClN3O4S/c1-12-8(15)5-4-14(2-3-18-5)10(17)7-6(11)9(16)13-19-7/h5H,2-4H2,1H3,(H,12,15)(H,13,16). The smallest absolute Gasteiger partial charge is 0.277 e. The largest absolute Gasteiger partial charge is 0.365 e. The zero-order valence-electron chi connectivity index (χ0n) is 10.1. The van der Waals surface area contributed by atoms with Crippen molar-refractivity contribution in [1.82, 2.24) is 14.6 Å². The number of hydrogen-bond acceptors (Lipinski definition) is 5. The molecule has 1 fully saturated rings. The van der Waals surface area contributed by atoms with E-state index in [1.165, 1.54) is 11.9 Å². The number of morpholine rings is 1. The predicted molar refractivity (Wildman–Crippen MR) is 69.7 cm³/mol. The normalized spacial score (nSPS) is 19.3. The zero-order valence-corrected chi connectivity index (χ0v) is 11.6. The molecule has 0 aliphatic carbocycles. The van der Waals surface area contributed by atoms with Gasteiger partial charge in [0, 0.05) is 13.6 Å². The van der Waals surface area contributed by atoms with Crippen LogP contribution in [0.2, 0.25) is 5.02 Å². The fourth-order valence-electron chi connectivity index (χ4n) is 1.72. The van der Waals surface area contributed by atoms with Crippen molar-refractivity contribution in [2.45, 2.75) is 6.10 Å². The van der Waals surface area contributed by atoms with Gasteiger partial charge in [0.05, 0.1) is 13.2 Å². The molecule has 1 aliphatic rings. The summed E-state index contributed by atoms with van der Waals surface area (Å²) in [6.07, 6.45) is -0.697. The number of nitrogens with zero attached hydrogens (tertiary/aromatic N) is 1. The van der Waals surface area contributed by atoms with Gasteiger partial charge in [-0.25, -0.2) is 0 Å². The average Bonchev–Trinajstić information content (AvgIpc) is 2.77. The van der Waals surface area contributed by atoms with Crippen LogP contribution in [0.5, 0.6) is 0 Å². The molecule has 1 saturated heterocycles. The van der Waals surface area contributed by atoms with Crippen molar-refractivity contribution in [1.29, 1.82) is 0 Å². The van der Waals surface area contributed by atoms with Crippen LogP contribution in [0.3, 0.4) is 0 Å². The molecule has 9 heteroatoms. The molecule has 0 aromatic carbocycles. The van der Waals surface area contributed by atoms with E-state index >= 15 is 0 Å². The highest BCUT2D eigenvalue weighted by Gasteiger charge is 2.31. The predicted octanol–water partition coefficient (Wildman–Crippen LogP) is -0.323. The first-order valence-electron chi connectivity index (χ1n) is 5.54. The number of ether oxygens (including phenoxy) is 1. The molecular weight excluding hydrogens is 294 g/mol. The molecule has 1 aliphatic heterocycles. The lowest BCUT2D eigenvalue weighted by Crippen LogP contribution is -2.51. The Kier molecular flexibility index (Phi) is 4.23. The Bertz CT molecular complexity index is 555. The summed E-state index contributed by atoms with van der Waals surface area (Å²) < 4.78 is 7.68. The van der Waals surface area contributed by atoms with Gasteiger partial charge < -0.3 is 15.0 Å². The van der Waals surface area contributed by atoms with Crippen molar-refractivity contribution >= 4 is 34.9 Å². The second-order valence-corrected chi connectivity index (χ2v) is 5.10. The van der Waals surface area contributed by atoms with Crippen LogP contribution in [0, 0.1) is 0 Å². The SMILES string of the molecule is CNC(=O)C1CN(C(=O)c2s[nH]c(=O)c2Cl)CCO1. The number of nitrogens with one attached hydrogen (secondary N) is 2. The van der Waals surface area contributed by atoms with Gasteiger partial charge in [0.2, 0.25) is 0 Å². The molecule has 0 saturated carbocycles. The zero-order chi connectivity index (χ0) is 14.0. The summed E-state index contributed by atoms with van der Waals surface area (Å²) in [4.78, 5) is 36.5. The third kappa shape index (κ3) is 2.80. The molecule has 1 unspecified atom stereocenters. The Hall–Kier alpha value is -1.38. The summed E-state index contributed by atoms with van der Waals surface area (Å²) in [7, 11) is 1.50. The molecule has 0 bridgehead atoms. The maximum Gasteiger partial charge on any atom is 0.277 e. The maximum atomic E-state index is 12.2. The van der Waals surface area contributed by atoms with Crippen molar-refractivity contribution in [2.24, 2.45) is 0 Å². The Morgan fingerprint density at radius 3 is 2.89 bits per heavy atom. The Morgan fingerprint density at radius 2 is 2.32 bits per heavy atom. The van der Waals surface area contributed by atoms with Crippen LogP contribution in [0.15, 0.2) is 4.79 Å². The lowest BCUT2D eigenvalue weighted by atomic mass is 10.2. The summed E-state index contributed by atoms with van der Waals surface area (Å²) in [5.41, 5.74) is -0.480. The van der Waals surface area contributed by atoms with Gasteiger partial charge in [-0.3, -0.25) is 18.8 Å². The van der Waals surface area contributed by atoms with Crippen molar-refractivity contribution in [3.8, 4) is 0 Å². The molecule has 7 nitrogen and oxygen atoms in total. The van der Waals surface area contributed by atoms with Crippen molar-refractivity contribution in [3.05, 3.63) is 20.3 Å². The third-order valence-electron chi connectivity index (χ3n) is 2.73. The average molecular weight is 306 g/mol. The summed E-state index contributed by atoms with van der Waals surface area (Å²) in [5.74, 6) is -0.656. The molecule has 2 amide bonds. The first kappa shape index (κ1) is 14.0. The summed E-state index contributed by atoms with van der Waals surface area (Å²) in [6.45, 7) is 0.760. The monoisotopic (exact) mass is 305 g/mol. The molecule has 0 radical (unpaired) electrons. The van der Waals surface area contributed by atoms with Crippen LogP contribution in [0.1, 0.15) is 9.67 Å². The van der Waals surface area contributed by atoms with Gasteiger partial charge in [0.1, 0.15) is 9.90 Å². The number of halogens is 1. The number of aromatic amines is 1. The fraction of sp³-hybridized carbons (Fsp3) is 0.500. The third-order valence-corrected chi connectivity index (χ3v) is 4.07. The number of carbonyl (C=O) groups excluding carboxylic acids is 2. The van der Waals surface area contributed by atoms with E-state index in [9.17, 15) is 14.4 Å². The molecule has 2 rings (SSSR count). The van der Waals surface area contributed by atoms with E-state index in [2.05, 4.69) is 9.69 Å². The Labute approximate surface area is 117 Å². The van der Waals surface area contributed by atoms with E-state index in [4.69, 9.17) is 16.3 Å². The number of aromatic nitrogens is 1. The number of carbonyl (C=O) groups is 2. The lowest BCUT2D eigenvalue weighted by Gasteiger charge is -2.31. The van der Waals surface area contributed by atoms with E-state index in [0.29, 0.717) is 6.54 Å². The molecule has 0 spiro atoms. The Balaban J connectivity index is 2.13. The van der Waals surface area contributed by atoms with Gasteiger partial charge in [-0.2, -0.15) is 0 Å². The Morgan fingerprint density at radius 1 is 1.58 bits per heavy atom. The topological polar surface area (TPSA) is 91.5 Å². The summed E-state index contributed by atoms with van der Waals surface area (Å²) in [5, 5.41) is 2.35. The summed E-state index contributed by atoms with van der Waals surface area (Å²) in [6, 6.07) is 0. The fourth-order valence-corrected chi connectivity index (χ4v) is 2.72. The second-order valence-electron chi connectivity index (χ2n) is 3.90. The molecule has 1 atom stereocenters. The molecule has 2 heterocycles. The molecule has 19 heavy (non-hydrogen) atoms. The van der Waals surface area contributed by atoms with Gasteiger partial charge in [-0.1, -0.05) is 23.1 Å². The number of H-pyrrole nitrogens is 1. The van der Waals surface area contributed by atoms with E-state index < -0.39 is 11.7 Å². The van der Waals surface area contributed by atoms with E-state index in [1.54, 1.807) is 0 Å². The molecule has 104 valence electrons. The van der Waals surface area contributed by atoms with Crippen molar-refractivity contribution < 1.29 is 14.3 Å². The lowest BCUT2D eigenvalue weighted by molar-refractivity contribution is -0.136. The molecule has 1 aromatic heterocycles. The quantitative estimate of drug-likeness (QED) is 0.783. The number of amides is 2.